The van der Waals surface area contributed by atoms with Crippen LogP contribution in [0.25, 0.3) is 5.70 Å². The van der Waals surface area contributed by atoms with E-state index in [1.165, 1.54) is 5.56 Å². The van der Waals surface area contributed by atoms with Crippen molar-refractivity contribution in [3.8, 4) is 0 Å². The van der Waals surface area contributed by atoms with Crippen LogP contribution in [0.5, 0.6) is 0 Å². The molecule has 2 N–H and O–H groups in total. The normalized spacial score (nSPS) is 14.8. The minimum absolute atomic E-state index is 0.152. The maximum atomic E-state index is 12.7. The molecule has 6 heteroatoms. The molecule has 1 aromatic heterocycles. The van der Waals surface area contributed by atoms with Crippen LogP contribution in [0.4, 0.5) is 11.9 Å². The second kappa shape index (κ2) is 8.15. The molecule has 0 fully saturated rings. The Labute approximate surface area is 186 Å². The molecule has 1 aliphatic rings. The van der Waals surface area contributed by atoms with Gasteiger partial charge in [0.15, 0.2) is 0 Å². The number of amides is 1. The van der Waals surface area contributed by atoms with Crippen LogP contribution < -0.4 is 10.6 Å². The van der Waals surface area contributed by atoms with Crippen LogP contribution in [0.15, 0.2) is 84.9 Å². The largest absolute Gasteiger partial charge is 0.324 e. The standard InChI is InChI=1S/C26H23N5O/c1-17-11-13-19(14-12-17)22-16-23(20-8-4-3-5-9-20)31-26(27-22)29-25(30-31)28-24(32)21-10-6-7-18(2)15-21/h3-16,23H,1-2H3,(H2,27,28,29,30,32). The summed E-state index contributed by atoms with van der Waals surface area (Å²) in [6.45, 7) is 4.02. The Bertz CT molecular complexity index is 1310. The highest BCUT2D eigenvalue weighted by Crippen LogP contribution is 2.33. The zero-order valence-electron chi connectivity index (χ0n) is 17.9. The number of nitrogens with one attached hydrogen (secondary N) is 2. The van der Waals surface area contributed by atoms with Gasteiger partial charge in [0.05, 0.1) is 0 Å². The second-order valence-corrected chi connectivity index (χ2v) is 7.95. The number of nitrogens with zero attached hydrogens (tertiary/aromatic N) is 3. The zero-order valence-corrected chi connectivity index (χ0v) is 17.9. The van der Waals surface area contributed by atoms with Crippen molar-refractivity contribution in [1.29, 1.82) is 0 Å². The third kappa shape index (κ3) is 3.90. The number of fused-ring (bicyclic) bond motifs is 1. The van der Waals surface area contributed by atoms with Gasteiger partial charge < -0.3 is 5.32 Å². The van der Waals surface area contributed by atoms with Gasteiger partial charge in [0.1, 0.15) is 6.04 Å². The van der Waals surface area contributed by atoms with Crippen molar-refractivity contribution in [3.63, 3.8) is 0 Å². The number of hydrogen-bond acceptors (Lipinski definition) is 4. The summed E-state index contributed by atoms with van der Waals surface area (Å²) >= 11 is 0. The molecule has 2 heterocycles. The third-order valence-corrected chi connectivity index (χ3v) is 5.48. The minimum atomic E-state index is -0.236. The van der Waals surface area contributed by atoms with Crippen molar-refractivity contribution in [2.45, 2.75) is 19.9 Å². The van der Waals surface area contributed by atoms with Crippen molar-refractivity contribution in [2.24, 2.45) is 0 Å². The fraction of sp³-hybridized carbons (Fsp3) is 0.115. The van der Waals surface area contributed by atoms with Gasteiger partial charge in [-0.25, -0.2) is 4.68 Å². The van der Waals surface area contributed by atoms with E-state index in [1.807, 2.05) is 43.3 Å². The molecule has 1 unspecified atom stereocenters. The van der Waals surface area contributed by atoms with Crippen LogP contribution in [0.3, 0.4) is 0 Å². The lowest BCUT2D eigenvalue weighted by Crippen LogP contribution is -2.20. The third-order valence-electron chi connectivity index (χ3n) is 5.48. The minimum Gasteiger partial charge on any atom is -0.324 e. The number of hydrogen-bond donors (Lipinski definition) is 2. The smallest absolute Gasteiger partial charge is 0.258 e. The fourth-order valence-electron chi connectivity index (χ4n) is 3.80. The lowest BCUT2D eigenvalue weighted by molar-refractivity contribution is 0.102. The lowest BCUT2D eigenvalue weighted by Gasteiger charge is -2.24. The summed E-state index contributed by atoms with van der Waals surface area (Å²) in [4.78, 5) is 17.3. The van der Waals surface area contributed by atoms with Gasteiger partial charge in [-0.2, -0.15) is 4.98 Å². The number of carbonyl (C=O) groups is 1. The molecule has 4 aromatic rings. The molecule has 32 heavy (non-hydrogen) atoms. The van der Waals surface area contributed by atoms with E-state index >= 15 is 0 Å². The van der Waals surface area contributed by atoms with Crippen molar-refractivity contribution in [1.82, 2.24) is 14.8 Å². The molecule has 3 aromatic carbocycles. The average molecular weight is 422 g/mol. The Balaban J connectivity index is 1.50. The van der Waals surface area contributed by atoms with Gasteiger partial charge in [-0.15, -0.1) is 5.10 Å². The molecule has 1 aliphatic heterocycles. The van der Waals surface area contributed by atoms with Gasteiger partial charge in [-0.1, -0.05) is 77.9 Å². The monoisotopic (exact) mass is 421 g/mol. The predicted octanol–water partition coefficient (Wildman–Crippen LogP) is 5.20. The molecule has 0 bridgehead atoms. The molecule has 6 nitrogen and oxygen atoms in total. The van der Waals surface area contributed by atoms with Crippen molar-refractivity contribution < 1.29 is 4.79 Å². The Morgan fingerprint density at radius 2 is 1.72 bits per heavy atom. The summed E-state index contributed by atoms with van der Waals surface area (Å²) in [6, 6.07) is 25.8. The molecule has 0 spiro atoms. The molecule has 0 radical (unpaired) electrons. The van der Waals surface area contributed by atoms with E-state index in [-0.39, 0.29) is 17.9 Å². The van der Waals surface area contributed by atoms with Crippen LogP contribution in [0.2, 0.25) is 0 Å². The topological polar surface area (TPSA) is 71.8 Å². The molecule has 1 amide bonds. The van der Waals surface area contributed by atoms with Crippen LogP contribution in [0.1, 0.15) is 38.7 Å². The van der Waals surface area contributed by atoms with Gasteiger partial charge >= 0.3 is 0 Å². The summed E-state index contributed by atoms with van der Waals surface area (Å²) in [5.74, 6) is 0.606. The van der Waals surface area contributed by atoms with Crippen molar-refractivity contribution in [2.75, 3.05) is 10.6 Å². The first-order valence-electron chi connectivity index (χ1n) is 10.5. The van der Waals surface area contributed by atoms with Gasteiger partial charge in [-0.05, 0) is 43.2 Å². The number of benzene rings is 3. The maximum Gasteiger partial charge on any atom is 0.258 e. The molecule has 158 valence electrons. The Morgan fingerprint density at radius 3 is 2.47 bits per heavy atom. The zero-order chi connectivity index (χ0) is 22.1. The Morgan fingerprint density at radius 1 is 0.938 bits per heavy atom. The first-order chi connectivity index (χ1) is 15.6. The number of aromatic nitrogens is 3. The molecule has 0 saturated carbocycles. The van der Waals surface area contributed by atoms with E-state index in [4.69, 9.17) is 0 Å². The van der Waals surface area contributed by atoms with E-state index in [2.05, 4.69) is 70.1 Å². The molecule has 0 aliphatic carbocycles. The van der Waals surface area contributed by atoms with E-state index in [1.54, 1.807) is 10.7 Å². The number of allylic oxidation sites excluding steroid dienone is 1. The molecular formula is C26H23N5O. The second-order valence-electron chi connectivity index (χ2n) is 7.95. The molecule has 1 atom stereocenters. The first-order valence-corrected chi connectivity index (χ1v) is 10.5. The summed E-state index contributed by atoms with van der Waals surface area (Å²) in [6.07, 6.45) is 2.13. The van der Waals surface area contributed by atoms with E-state index in [0.717, 1.165) is 22.4 Å². The number of carbonyl (C=O) groups excluding carboxylic acids is 1. The highest BCUT2D eigenvalue weighted by molar-refractivity contribution is 6.03. The summed E-state index contributed by atoms with van der Waals surface area (Å²) in [7, 11) is 0. The number of anilines is 2. The van der Waals surface area contributed by atoms with Crippen molar-refractivity contribution >= 4 is 23.5 Å². The summed E-state index contributed by atoms with van der Waals surface area (Å²) in [5.41, 5.74) is 5.90. The highest BCUT2D eigenvalue weighted by atomic mass is 16.1. The van der Waals surface area contributed by atoms with Gasteiger partial charge in [-0.3, -0.25) is 10.1 Å². The Hall–Kier alpha value is -4.19. The van der Waals surface area contributed by atoms with Crippen LogP contribution in [-0.4, -0.2) is 20.7 Å². The molecule has 0 saturated heterocycles. The van der Waals surface area contributed by atoms with Crippen LogP contribution >= 0.6 is 0 Å². The van der Waals surface area contributed by atoms with E-state index in [0.29, 0.717) is 11.5 Å². The van der Waals surface area contributed by atoms with Crippen molar-refractivity contribution in [3.05, 3.63) is 113 Å². The summed E-state index contributed by atoms with van der Waals surface area (Å²) in [5, 5.41) is 10.8. The highest BCUT2D eigenvalue weighted by Gasteiger charge is 2.25. The van der Waals surface area contributed by atoms with Crippen LogP contribution in [-0.2, 0) is 0 Å². The van der Waals surface area contributed by atoms with Gasteiger partial charge in [0, 0.05) is 11.3 Å². The predicted molar refractivity (Wildman–Crippen MR) is 127 cm³/mol. The average Bonchev–Trinajstić information content (AvgIpc) is 3.21. The number of aryl methyl sites for hydroxylation is 2. The van der Waals surface area contributed by atoms with Crippen LogP contribution in [0, 0.1) is 13.8 Å². The molecular weight excluding hydrogens is 398 g/mol. The van der Waals surface area contributed by atoms with E-state index in [9.17, 15) is 4.79 Å². The fourth-order valence-corrected chi connectivity index (χ4v) is 3.80. The van der Waals surface area contributed by atoms with E-state index < -0.39 is 0 Å². The summed E-state index contributed by atoms with van der Waals surface area (Å²) < 4.78 is 1.80. The Kier molecular flexibility index (Phi) is 5.03. The SMILES string of the molecule is Cc1ccc(C2=CC(c3ccccc3)n3nc(NC(=O)c4cccc(C)c4)nc3N2)cc1. The quantitative estimate of drug-likeness (QED) is 0.475. The maximum absolute atomic E-state index is 12.7. The first kappa shape index (κ1) is 19.8. The lowest BCUT2D eigenvalue weighted by atomic mass is 10.0. The number of rotatable bonds is 4. The van der Waals surface area contributed by atoms with Gasteiger partial charge in [0.25, 0.3) is 11.9 Å². The van der Waals surface area contributed by atoms with Gasteiger partial charge in [0.2, 0.25) is 5.95 Å². The molecule has 5 rings (SSSR count).